The van der Waals surface area contributed by atoms with Gasteiger partial charge in [-0.25, -0.2) is 0 Å². The second-order valence-corrected chi connectivity index (χ2v) is 3.97. The first-order valence-electron chi connectivity index (χ1n) is 4.33. The maximum absolute atomic E-state index is 11.5. The van der Waals surface area contributed by atoms with Gasteiger partial charge in [-0.2, -0.15) is 0 Å². The molecule has 6 nitrogen and oxygen atoms in total. The molecule has 1 aromatic heterocycles. The van der Waals surface area contributed by atoms with Gasteiger partial charge in [0.15, 0.2) is 0 Å². The Bertz CT molecular complexity index is 352. The van der Waals surface area contributed by atoms with Crippen molar-refractivity contribution in [3.8, 4) is 0 Å². The zero-order chi connectivity index (χ0) is 11.4. The molecule has 15 heavy (non-hydrogen) atoms. The predicted molar refractivity (Wildman–Crippen MR) is 54.5 cm³/mol. The number of carboxylic acids is 1. The van der Waals surface area contributed by atoms with Crippen LogP contribution in [0.2, 0.25) is 0 Å². The topological polar surface area (TPSA) is 92.2 Å². The van der Waals surface area contributed by atoms with E-state index >= 15 is 0 Å². The minimum Gasteiger partial charge on any atom is -0.481 e. The molecule has 0 bridgehead atoms. The average molecular weight is 229 g/mol. The molecule has 0 spiro atoms. The van der Waals surface area contributed by atoms with Crippen LogP contribution in [0.4, 0.5) is 5.00 Å². The third-order valence-electron chi connectivity index (χ3n) is 2.16. The Morgan fingerprint density at radius 2 is 2.13 bits per heavy atom. The van der Waals surface area contributed by atoms with Gasteiger partial charge in [0, 0.05) is 17.5 Å². The van der Waals surface area contributed by atoms with Crippen molar-refractivity contribution >= 4 is 28.4 Å². The van der Waals surface area contributed by atoms with Crippen LogP contribution in [-0.2, 0) is 9.59 Å². The monoisotopic (exact) mass is 229 g/mol. The molecule has 0 aliphatic rings. The van der Waals surface area contributed by atoms with Crippen LogP contribution in [-0.4, -0.2) is 26.6 Å². The maximum Gasteiger partial charge on any atom is 0.307 e. The number of aromatic nitrogens is 2. The van der Waals surface area contributed by atoms with Gasteiger partial charge < -0.3 is 10.4 Å². The van der Waals surface area contributed by atoms with Crippen LogP contribution in [0.15, 0.2) is 6.20 Å². The molecule has 1 amide bonds. The Labute approximate surface area is 90.5 Å². The Hall–Kier alpha value is -1.50. The Kier molecular flexibility index (Phi) is 3.73. The van der Waals surface area contributed by atoms with Crippen molar-refractivity contribution < 1.29 is 14.7 Å². The molecule has 0 fully saturated rings. The van der Waals surface area contributed by atoms with Crippen molar-refractivity contribution in [3.63, 3.8) is 0 Å². The van der Waals surface area contributed by atoms with Gasteiger partial charge in [0.25, 0.3) is 0 Å². The molecule has 0 aliphatic heterocycles. The van der Waals surface area contributed by atoms with E-state index < -0.39 is 17.8 Å². The molecule has 0 saturated heterocycles. The van der Waals surface area contributed by atoms with Crippen molar-refractivity contribution in [3.05, 3.63) is 6.20 Å². The van der Waals surface area contributed by atoms with Crippen LogP contribution in [0.5, 0.6) is 0 Å². The van der Waals surface area contributed by atoms with E-state index in [9.17, 15) is 9.59 Å². The third-order valence-corrected chi connectivity index (χ3v) is 2.74. The number of nitrogens with one attached hydrogen (secondary N) is 1. The predicted octanol–water partition coefficient (Wildman–Crippen LogP) is 0.833. The number of carboxylic acid groups (broad SMARTS) is 1. The first-order valence-corrected chi connectivity index (χ1v) is 5.10. The van der Waals surface area contributed by atoms with Crippen molar-refractivity contribution in [1.29, 1.82) is 0 Å². The zero-order valence-corrected chi connectivity index (χ0v) is 9.11. The number of carbonyl (C=O) groups is 2. The number of anilines is 1. The van der Waals surface area contributed by atoms with Crippen molar-refractivity contribution in [2.45, 2.75) is 13.8 Å². The van der Waals surface area contributed by atoms with E-state index in [1.807, 2.05) is 0 Å². The summed E-state index contributed by atoms with van der Waals surface area (Å²) in [6.07, 6.45) is 1.42. The Morgan fingerprint density at radius 3 is 2.60 bits per heavy atom. The second-order valence-electron chi connectivity index (χ2n) is 3.19. The molecule has 0 radical (unpaired) electrons. The lowest BCUT2D eigenvalue weighted by molar-refractivity contribution is -0.145. The van der Waals surface area contributed by atoms with E-state index in [4.69, 9.17) is 5.11 Å². The van der Waals surface area contributed by atoms with E-state index in [1.165, 1.54) is 13.1 Å². The zero-order valence-electron chi connectivity index (χ0n) is 8.30. The lowest BCUT2D eigenvalue weighted by Crippen LogP contribution is -2.29. The van der Waals surface area contributed by atoms with E-state index in [2.05, 4.69) is 14.9 Å². The van der Waals surface area contributed by atoms with E-state index in [0.717, 1.165) is 11.5 Å². The van der Waals surface area contributed by atoms with Gasteiger partial charge in [0.2, 0.25) is 5.91 Å². The van der Waals surface area contributed by atoms with Gasteiger partial charge in [-0.15, -0.1) is 5.10 Å². The summed E-state index contributed by atoms with van der Waals surface area (Å²) in [6.45, 7) is 3.07. The molecule has 1 aromatic rings. The minimum atomic E-state index is -0.986. The van der Waals surface area contributed by atoms with Gasteiger partial charge in [-0.05, 0) is 0 Å². The van der Waals surface area contributed by atoms with Crippen LogP contribution >= 0.6 is 11.5 Å². The van der Waals surface area contributed by atoms with Gasteiger partial charge in [-0.3, -0.25) is 9.59 Å². The van der Waals surface area contributed by atoms with Crippen LogP contribution < -0.4 is 5.32 Å². The summed E-state index contributed by atoms with van der Waals surface area (Å²) in [7, 11) is 0. The van der Waals surface area contributed by atoms with E-state index in [0.29, 0.717) is 5.00 Å². The molecule has 0 saturated carbocycles. The number of carbonyl (C=O) groups excluding carboxylic acids is 1. The summed E-state index contributed by atoms with van der Waals surface area (Å²) in [5.74, 6) is -2.63. The summed E-state index contributed by atoms with van der Waals surface area (Å²) >= 11 is 1.05. The molecular formula is C8H11N3O3S. The third kappa shape index (κ3) is 2.98. The van der Waals surface area contributed by atoms with Crippen molar-refractivity contribution in [2.75, 3.05) is 5.32 Å². The molecule has 7 heteroatoms. The summed E-state index contributed by atoms with van der Waals surface area (Å²) < 4.78 is 3.58. The van der Waals surface area contributed by atoms with Crippen LogP contribution in [0, 0.1) is 11.8 Å². The summed E-state index contributed by atoms with van der Waals surface area (Å²) in [5, 5.41) is 15.3. The van der Waals surface area contributed by atoms with Gasteiger partial charge in [-0.1, -0.05) is 18.3 Å². The maximum atomic E-state index is 11.5. The highest BCUT2D eigenvalue weighted by Gasteiger charge is 2.25. The Morgan fingerprint density at radius 1 is 1.47 bits per heavy atom. The first-order chi connectivity index (χ1) is 7.02. The first kappa shape index (κ1) is 11.6. The largest absolute Gasteiger partial charge is 0.481 e. The summed E-state index contributed by atoms with van der Waals surface area (Å²) in [6, 6.07) is 0. The van der Waals surface area contributed by atoms with E-state index in [-0.39, 0.29) is 5.91 Å². The standard InChI is InChI=1S/C8H11N3O3S/c1-4(5(2)8(13)14)7(12)10-6-3-9-11-15-6/h3-5H,1-2H3,(H,10,12)(H,13,14). The highest BCUT2D eigenvalue weighted by atomic mass is 32.1. The smallest absolute Gasteiger partial charge is 0.307 e. The highest BCUT2D eigenvalue weighted by molar-refractivity contribution is 7.10. The van der Waals surface area contributed by atoms with Gasteiger partial charge in [0.1, 0.15) is 5.00 Å². The number of hydrogen-bond acceptors (Lipinski definition) is 5. The van der Waals surface area contributed by atoms with Gasteiger partial charge >= 0.3 is 5.97 Å². The molecular weight excluding hydrogens is 218 g/mol. The molecule has 1 heterocycles. The molecule has 0 aromatic carbocycles. The lowest BCUT2D eigenvalue weighted by atomic mass is 9.95. The van der Waals surface area contributed by atoms with E-state index in [1.54, 1.807) is 6.92 Å². The summed E-state index contributed by atoms with van der Waals surface area (Å²) in [4.78, 5) is 22.2. The van der Waals surface area contributed by atoms with Crippen molar-refractivity contribution in [1.82, 2.24) is 9.59 Å². The summed E-state index contributed by atoms with van der Waals surface area (Å²) in [5.41, 5.74) is 0. The van der Waals surface area contributed by atoms with Crippen LogP contribution in [0.25, 0.3) is 0 Å². The number of amides is 1. The molecule has 82 valence electrons. The molecule has 2 N–H and O–H groups in total. The van der Waals surface area contributed by atoms with Gasteiger partial charge in [0.05, 0.1) is 12.1 Å². The van der Waals surface area contributed by atoms with Crippen LogP contribution in [0.3, 0.4) is 0 Å². The fraction of sp³-hybridized carbons (Fsp3) is 0.500. The number of rotatable bonds is 4. The second kappa shape index (κ2) is 4.83. The Balaban J connectivity index is 2.57. The van der Waals surface area contributed by atoms with Crippen molar-refractivity contribution in [2.24, 2.45) is 11.8 Å². The molecule has 2 unspecified atom stereocenters. The quantitative estimate of drug-likeness (QED) is 0.797. The SMILES string of the molecule is CC(C(=O)O)C(C)C(=O)Nc1cnns1. The normalized spacial score (nSPS) is 14.3. The lowest BCUT2D eigenvalue weighted by Gasteiger charge is -2.14. The fourth-order valence-electron chi connectivity index (χ4n) is 0.898. The number of aliphatic carboxylic acids is 1. The minimum absolute atomic E-state index is 0.337. The fourth-order valence-corrected chi connectivity index (χ4v) is 1.32. The highest BCUT2D eigenvalue weighted by Crippen LogP contribution is 2.16. The van der Waals surface area contributed by atoms with Crippen LogP contribution in [0.1, 0.15) is 13.8 Å². The molecule has 2 atom stereocenters. The molecule has 1 rings (SSSR count). The number of nitrogens with zero attached hydrogens (tertiary/aromatic N) is 2. The molecule has 0 aliphatic carbocycles. The average Bonchev–Trinajstić information content (AvgIpc) is 2.67. The number of hydrogen-bond donors (Lipinski definition) is 2.